The molecular formula is C16H17ClFNO. The third-order valence-corrected chi connectivity index (χ3v) is 3.34. The van der Waals surface area contributed by atoms with Crippen molar-refractivity contribution in [2.24, 2.45) is 5.73 Å². The van der Waals surface area contributed by atoms with E-state index in [0.29, 0.717) is 17.9 Å². The predicted molar refractivity (Wildman–Crippen MR) is 79.8 cm³/mol. The molecule has 0 spiro atoms. The van der Waals surface area contributed by atoms with Crippen molar-refractivity contribution in [1.29, 1.82) is 0 Å². The number of hydrogen-bond acceptors (Lipinski definition) is 2. The van der Waals surface area contributed by atoms with Gasteiger partial charge in [0.25, 0.3) is 0 Å². The molecule has 0 radical (unpaired) electrons. The van der Waals surface area contributed by atoms with Gasteiger partial charge in [0, 0.05) is 11.1 Å². The maximum atomic E-state index is 13.6. The van der Waals surface area contributed by atoms with E-state index in [1.54, 1.807) is 6.07 Å². The Balaban J connectivity index is 2.01. The zero-order chi connectivity index (χ0) is 14.5. The van der Waals surface area contributed by atoms with Gasteiger partial charge in [-0.3, -0.25) is 0 Å². The Morgan fingerprint density at radius 3 is 2.45 bits per heavy atom. The molecule has 0 amide bonds. The lowest BCUT2D eigenvalue weighted by atomic mass is 9.99. The number of benzene rings is 2. The summed E-state index contributed by atoms with van der Waals surface area (Å²) in [4.78, 5) is 0. The molecule has 0 saturated heterocycles. The summed E-state index contributed by atoms with van der Waals surface area (Å²) in [7, 11) is 1.45. The van der Waals surface area contributed by atoms with Crippen LogP contribution in [0.1, 0.15) is 11.1 Å². The van der Waals surface area contributed by atoms with Gasteiger partial charge in [0.05, 0.1) is 7.11 Å². The average Bonchev–Trinajstić information content (AvgIpc) is 2.38. The molecule has 0 aliphatic rings. The van der Waals surface area contributed by atoms with E-state index < -0.39 is 0 Å². The van der Waals surface area contributed by atoms with Crippen molar-refractivity contribution < 1.29 is 9.13 Å². The van der Waals surface area contributed by atoms with Gasteiger partial charge in [-0.15, -0.1) is 0 Å². The summed E-state index contributed by atoms with van der Waals surface area (Å²) >= 11 is 5.94. The summed E-state index contributed by atoms with van der Waals surface area (Å²) in [6, 6.07) is 12.5. The first-order valence-corrected chi connectivity index (χ1v) is 6.78. The van der Waals surface area contributed by atoms with E-state index in [1.807, 2.05) is 30.3 Å². The van der Waals surface area contributed by atoms with E-state index in [2.05, 4.69) is 0 Å². The van der Waals surface area contributed by atoms with E-state index in [4.69, 9.17) is 22.1 Å². The van der Waals surface area contributed by atoms with Gasteiger partial charge in [-0.1, -0.05) is 29.8 Å². The van der Waals surface area contributed by atoms with Crippen molar-refractivity contribution in [3.63, 3.8) is 0 Å². The minimum absolute atomic E-state index is 0.0822. The molecule has 1 unspecified atom stereocenters. The van der Waals surface area contributed by atoms with Crippen molar-refractivity contribution in [2.45, 2.75) is 18.9 Å². The Hall–Kier alpha value is -1.58. The van der Waals surface area contributed by atoms with Gasteiger partial charge in [0.1, 0.15) is 0 Å². The molecular weight excluding hydrogens is 277 g/mol. The van der Waals surface area contributed by atoms with Gasteiger partial charge in [-0.2, -0.15) is 0 Å². The van der Waals surface area contributed by atoms with Crippen LogP contribution < -0.4 is 10.5 Å². The van der Waals surface area contributed by atoms with Crippen molar-refractivity contribution in [1.82, 2.24) is 0 Å². The number of methoxy groups -OCH3 is 1. The van der Waals surface area contributed by atoms with Crippen LogP contribution in [0.15, 0.2) is 42.5 Å². The van der Waals surface area contributed by atoms with E-state index >= 15 is 0 Å². The second-order valence-corrected chi connectivity index (χ2v) is 5.20. The first-order chi connectivity index (χ1) is 9.58. The molecule has 0 aromatic heterocycles. The third-order valence-electron chi connectivity index (χ3n) is 3.10. The van der Waals surface area contributed by atoms with E-state index in [9.17, 15) is 4.39 Å². The third kappa shape index (κ3) is 3.95. The highest BCUT2D eigenvalue weighted by molar-refractivity contribution is 6.30. The Kier molecular flexibility index (Phi) is 4.99. The number of rotatable bonds is 5. The summed E-state index contributed by atoms with van der Waals surface area (Å²) in [5.41, 5.74) is 8.05. The standard InChI is InChI=1S/C16H17ClFNO/c1-20-16-6-5-12(10-15(16)18)9-14(19)8-11-3-2-4-13(17)7-11/h2-7,10,14H,8-9,19H2,1H3. The zero-order valence-corrected chi connectivity index (χ0v) is 12.0. The number of ether oxygens (including phenoxy) is 1. The SMILES string of the molecule is COc1ccc(CC(N)Cc2cccc(Cl)c2)cc1F. The number of hydrogen-bond donors (Lipinski definition) is 1. The lowest BCUT2D eigenvalue weighted by Crippen LogP contribution is -2.25. The van der Waals surface area contributed by atoms with Crippen LogP contribution in [0.3, 0.4) is 0 Å². The fraction of sp³-hybridized carbons (Fsp3) is 0.250. The van der Waals surface area contributed by atoms with Crippen molar-refractivity contribution in [3.05, 3.63) is 64.4 Å². The lowest BCUT2D eigenvalue weighted by molar-refractivity contribution is 0.386. The molecule has 20 heavy (non-hydrogen) atoms. The summed E-state index contributed by atoms with van der Waals surface area (Å²) in [6.07, 6.45) is 1.31. The Morgan fingerprint density at radius 2 is 1.85 bits per heavy atom. The normalized spacial score (nSPS) is 12.2. The van der Waals surface area contributed by atoms with Gasteiger partial charge in [0.15, 0.2) is 11.6 Å². The number of nitrogens with two attached hydrogens (primary N) is 1. The highest BCUT2D eigenvalue weighted by atomic mass is 35.5. The molecule has 0 aliphatic carbocycles. The fourth-order valence-corrected chi connectivity index (χ4v) is 2.39. The molecule has 0 fully saturated rings. The zero-order valence-electron chi connectivity index (χ0n) is 11.3. The minimum atomic E-state index is -0.361. The van der Waals surface area contributed by atoms with Crippen LogP contribution in [-0.2, 0) is 12.8 Å². The van der Waals surface area contributed by atoms with Crippen LogP contribution in [0.5, 0.6) is 5.75 Å². The van der Waals surface area contributed by atoms with Gasteiger partial charge in [0.2, 0.25) is 0 Å². The maximum absolute atomic E-state index is 13.6. The first kappa shape index (κ1) is 14.8. The molecule has 0 aliphatic heterocycles. The summed E-state index contributed by atoms with van der Waals surface area (Å²) < 4.78 is 18.5. The predicted octanol–water partition coefficient (Wildman–Crippen LogP) is 3.60. The smallest absolute Gasteiger partial charge is 0.165 e. The molecule has 1 atom stereocenters. The largest absolute Gasteiger partial charge is 0.494 e. The quantitative estimate of drug-likeness (QED) is 0.914. The molecule has 2 aromatic rings. The Labute approximate surface area is 123 Å². The van der Waals surface area contributed by atoms with Crippen LogP contribution in [0, 0.1) is 5.82 Å². The minimum Gasteiger partial charge on any atom is -0.494 e. The first-order valence-electron chi connectivity index (χ1n) is 6.41. The van der Waals surface area contributed by atoms with Gasteiger partial charge >= 0.3 is 0 Å². The highest BCUT2D eigenvalue weighted by Gasteiger charge is 2.09. The van der Waals surface area contributed by atoms with E-state index in [1.165, 1.54) is 13.2 Å². The second-order valence-electron chi connectivity index (χ2n) is 4.77. The lowest BCUT2D eigenvalue weighted by Gasteiger charge is -2.13. The molecule has 2 N–H and O–H groups in total. The van der Waals surface area contributed by atoms with Crippen LogP contribution in [0.4, 0.5) is 4.39 Å². The summed E-state index contributed by atoms with van der Waals surface area (Å²) in [5.74, 6) is -0.114. The monoisotopic (exact) mass is 293 g/mol. The van der Waals surface area contributed by atoms with Crippen LogP contribution >= 0.6 is 11.6 Å². The topological polar surface area (TPSA) is 35.2 Å². The molecule has 2 aromatic carbocycles. The molecule has 2 rings (SSSR count). The maximum Gasteiger partial charge on any atom is 0.165 e. The second kappa shape index (κ2) is 6.73. The van der Waals surface area contributed by atoms with E-state index in [0.717, 1.165) is 11.1 Å². The number of halogens is 2. The van der Waals surface area contributed by atoms with Crippen LogP contribution in [0.25, 0.3) is 0 Å². The van der Waals surface area contributed by atoms with Gasteiger partial charge in [-0.05, 0) is 48.2 Å². The average molecular weight is 294 g/mol. The van der Waals surface area contributed by atoms with Crippen molar-refractivity contribution in [2.75, 3.05) is 7.11 Å². The Bertz CT molecular complexity index is 588. The van der Waals surface area contributed by atoms with Crippen LogP contribution in [0.2, 0.25) is 5.02 Å². The summed E-state index contributed by atoms with van der Waals surface area (Å²) in [6.45, 7) is 0. The fourth-order valence-electron chi connectivity index (χ4n) is 2.18. The van der Waals surface area contributed by atoms with Crippen molar-refractivity contribution >= 4 is 11.6 Å². The molecule has 106 valence electrons. The molecule has 4 heteroatoms. The van der Waals surface area contributed by atoms with Gasteiger partial charge in [-0.25, -0.2) is 4.39 Å². The van der Waals surface area contributed by atoms with Crippen molar-refractivity contribution in [3.8, 4) is 5.75 Å². The molecule has 0 saturated carbocycles. The van der Waals surface area contributed by atoms with Crippen LogP contribution in [-0.4, -0.2) is 13.2 Å². The van der Waals surface area contributed by atoms with E-state index in [-0.39, 0.29) is 17.6 Å². The highest BCUT2D eigenvalue weighted by Crippen LogP contribution is 2.19. The molecule has 0 bridgehead atoms. The molecule has 2 nitrogen and oxygen atoms in total. The molecule has 0 heterocycles. The Morgan fingerprint density at radius 1 is 1.15 bits per heavy atom. The van der Waals surface area contributed by atoms with Gasteiger partial charge < -0.3 is 10.5 Å². The summed E-state index contributed by atoms with van der Waals surface area (Å²) in [5, 5.41) is 0.699.